The van der Waals surface area contributed by atoms with Gasteiger partial charge in [-0.1, -0.05) is 6.07 Å². The van der Waals surface area contributed by atoms with Gasteiger partial charge in [-0.3, -0.25) is 0 Å². The molecule has 1 saturated heterocycles. The van der Waals surface area contributed by atoms with E-state index in [4.69, 9.17) is 4.74 Å². The number of aliphatic hydroxyl groups is 2. The van der Waals surface area contributed by atoms with E-state index in [0.29, 0.717) is 12.3 Å². The molecule has 1 heterocycles. The Morgan fingerprint density at radius 2 is 2.16 bits per heavy atom. The lowest BCUT2D eigenvalue weighted by Gasteiger charge is -2.39. The molecule has 4 heteroatoms. The van der Waals surface area contributed by atoms with Crippen LogP contribution < -0.4 is 9.64 Å². The molecule has 106 valence electrons. The molecule has 2 rings (SSSR count). The monoisotopic (exact) mass is 265 g/mol. The van der Waals surface area contributed by atoms with Crippen LogP contribution in [0.3, 0.4) is 0 Å². The molecular weight excluding hydrogens is 242 g/mol. The summed E-state index contributed by atoms with van der Waals surface area (Å²) in [6.07, 6.45) is 1.17. The molecule has 4 nitrogen and oxygen atoms in total. The standard InChI is InChI=1S/C15H23NO3/c1-11(17)14-12(6-4-7-13(14)19-3)16-9-5-8-15(2,18)10-16/h4,6-7,11,17-18H,5,8-10H2,1-3H3/t11-,15?/m0/s1. The van der Waals surface area contributed by atoms with E-state index in [1.54, 1.807) is 14.0 Å². The van der Waals surface area contributed by atoms with Gasteiger partial charge >= 0.3 is 0 Å². The van der Waals surface area contributed by atoms with E-state index in [0.717, 1.165) is 30.6 Å². The van der Waals surface area contributed by atoms with Gasteiger partial charge in [-0.05, 0) is 38.8 Å². The first-order valence-electron chi connectivity index (χ1n) is 6.77. The van der Waals surface area contributed by atoms with Crippen molar-refractivity contribution in [2.24, 2.45) is 0 Å². The lowest BCUT2D eigenvalue weighted by Crippen LogP contribution is -2.46. The summed E-state index contributed by atoms with van der Waals surface area (Å²) < 4.78 is 5.34. The van der Waals surface area contributed by atoms with E-state index in [1.807, 2.05) is 25.1 Å². The van der Waals surface area contributed by atoms with Crippen LogP contribution in [-0.4, -0.2) is 36.0 Å². The lowest BCUT2D eigenvalue weighted by molar-refractivity contribution is 0.0447. The summed E-state index contributed by atoms with van der Waals surface area (Å²) in [4.78, 5) is 2.13. The van der Waals surface area contributed by atoms with Gasteiger partial charge in [-0.2, -0.15) is 0 Å². The maximum absolute atomic E-state index is 10.2. The van der Waals surface area contributed by atoms with Gasteiger partial charge in [-0.15, -0.1) is 0 Å². The number of piperidine rings is 1. The van der Waals surface area contributed by atoms with E-state index < -0.39 is 11.7 Å². The number of aliphatic hydroxyl groups excluding tert-OH is 1. The lowest BCUT2D eigenvalue weighted by atomic mass is 9.93. The van der Waals surface area contributed by atoms with E-state index in [1.165, 1.54) is 0 Å². The van der Waals surface area contributed by atoms with Gasteiger partial charge in [0.2, 0.25) is 0 Å². The minimum absolute atomic E-state index is 0.583. The minimum Gasteiger partial charge on any atom is -0.496 e. The first-order chi connectivity index (χ1) is 8.94. The topological polar surface area (TPSA) is 52.9 Å². The van der Waals surface area contributed by atoms with Gasteiger partial charge < -0.3 is 19.8 Å². The van der Waals surface area contributed by atoms with Crippen molar-refractivity contribution >= 4 is 5.69 Å². The van der Waals surface area contributed by atoms with Crippen LogP contribution in [0.1, 0.15) is 38.4 Å². The largest absolute Gasteiger partial charge is 0.496 e. The molecule has 2 N–H and O–H groups in total. The number of hydrogen-bond acceptors (Lipinski definition) is 4. The third-order valence-corrected chi connectivity index (χ3v) is 3.70. The molecule has 1 aromatic carbocycles. The Morgan fingerprint density at radius 3 is 2.74 bits per heavy atom. The molecule has 1 aliphatic heterocycles. The maximum atomic E-state index is 10.2. The number of methoxy groups -OCH3 is 1. The van der Waals surface area contributed by atoms with Crippen molar-refractivity contribution in [2.75, 3.05) is 25.1 Å². The first kappa shape index (κ1) is 14.2. The molecule has 19 heavy (non-hydrogen) atoms. The van der Waals surface area contributed by atoms with Crippen LogP contribution in [-0.2, 0) is 0 Å². The fourth-order valence-corrected chi connectivity index (χ4v) is 2.83. The maximum Gasteiger partial charge on any atom is 0.126 e. The summed E-state index contributed by atoms with van der Waals surface area (Å²) >= 11 is 0. The average Bonchev–Trinajstić information content (AvgIpc) is 2.36. The van der Waals surface area contributed by atoms with Crippen LogP contribution >= 0.6 is 0 Å². The molecule has 0 aromatic heterocycles. The van der Waals surface area contributed by atoms with Crippen molar-refractivity contribution in [3.05, 3.63) is 23.8 Å². The van der Waals surface area contributed by atoms with Crippen LogP contribution in [0, 0.1) is 0 Å². The summed E-state index contributed by atoms with van der Waals surface area (Å²) in [5, 5.41) is 20.2. The van der Waals surface area contributed by atoms with Gasteiger partial charge in [0.05, 0.1) is 18.8 Å². The fraction of sp³-hybridized carbons (Fsp3) is 0.600. The molecule has 1 aliphatic rings. The molecule has 1 aromatic rings. The number of nitrogens with zero attached hydrogens (tertiary/aromatic N) is 1. The van der Waals surface area contributed by atoms with Crippen molar-refractivity contribution < 1.29 is 14.9 Å². The van der Waals surface area contributed by atoms with Crippen molar-refractivity contribution in [1.82, 2.24) is 0 Å². The number of anilines is 1. The smallest absolute Gasteiger partial charge is 0.126 e. The Labute approximate surface area is 114 Å². The molecule has 1 unspecified atom stereocenters. The van der Waals surface area contributed by atoms with Crippen molar-refractivity contribution in [2.45, 2.75) is 38.4 Å². The summed E-state index contributed by atoms with van der Waals surface area (Å²) in [6, 6.07) is 5.75. The number of β-amino-alcohol motifs (C(OH)–C–C–N with tert-alkyl or cyclic N) is 1. The van der Waals surface area contributed by atoms with E-state index in [9.17, 15) is 10.2 Å². The second-order valence-corrected chi connectivity index (χ2v) is 5.59. The Bertz CT molecular complexity index is 443. The fourth-order valence-electron chi connectivity index (χ4n) is 2.83. The second kappa shape index (κ2) is 5.39. The first-order valence-corrected chi connectivity index (χ1v) is 6.77. The zero-order chi connectivity index (χ0) is 14.0. The average molecular weight is 265 g/mol. The Morgan fingerprint density at radius 1 is 1.42 bits per heavy atom. The van der Waals surface area contributed by atoms with Gasteiger partial charge in [-0.25, -0.2) is 0 Å². The highest BCUT2D eigenvalue weighted by atomic mass is 16.5. The van der Waals surface area contributed by atoms with Gasteiger partial charge in [0.1, 0.15) is 5.75 Å². The number of benzene rings is 1. The zero-order valence-corrected chi connectivity index (χ0v) is 11.9. The molecule has 0 radical (unpaired) electrons. The summed E-state index contributed by atoms with van der Waals surface area (Å²) in [5.41, 5.74) is 1.08. The number of hydrogen-bond donors (Lipinski definition) is 2. The molecule has 0 amide bonds. The Hall–Kier alpha value is -1.26. The third-order valence-electron chi connectivity index (χ3n) is 3.70. The predicted molar refractivity (Wildman–Crippen MR) is 75.7 cm³/mol. The quantitative estimate of drug-likeness (QED) is 0.879. The van der Waals surface area contributed by atoms with Crippen LogP contribution in [0.2, 0.25) is 0 Å². The molecular formula is C15H23NO3. The second-order valence-electron chi connectivity index (χ2n) is 5.59. The van der Waals surface area contributed by atoms with Crippen molar-refractivity contribution in [1.29, 1.82) is 0 Å². The summed E-state index contributed by atoms with van der Waals surface area (Å²) in [6.45, 7) is 5.08. The number of rotatable bonds is 3. The van der Waals surface area contributed by atoms with Gasteiger partial charge in [0, 0.05) is 24.3 Å². The molecule has 0 spiro atoms. The van der Waals surface area contributed by atoms with E-state index in [2.05, 4.69) is 4.90 Å². The normalized spacial score (nSPS) is 25.2. The highest BCUT2D eigenvalue weighted by Gasteiger charge is 2.30. The highest BCUT2D eigenvalue weighted by Crippen LogP contribution is 2.36. The molecule has 0 aliphatic carbocycles. The Balaban J connectivity index is 2.38. The van der Waals surface area contributed by atoms with Crippen molar-refractivity contribution in [3.8, 4) is 5.75 Å². The molecule has 2 atom stereocenters. The molecule has 0 saturated carbocycles. The highest BCUT2D eigenvalue weighted by molar-refractivity contribution is 5.60. The summed E-state index contributed by atoms with van der Waals surface area (Å²) in [5.74, 6) is 0.692. The summed E-state index contributed by atoms with van der Waals surface area (Å²) in [7, 11) is 1.61. The SMILES string of the molecule is COc1cccc(N2CCCC(C)(O)C2)c1[C@H](C)O. The molecule has 0 bridgehead atoms. The third kappa shape index (κ3) is 3.01. The van der Waals surface area contributed by atoms with Gasteiger partial charge in [0.15, 0.2) is 0 Å². The van der Waals surface area contributed by atoms with Crippen LogP contribution in [0.25, 0.3) is 0 Å². The predicted octanol–water partition coefficient (Wildman–Crippen LogP) is 2.10. The Kier molecular flexibility index (Phi) is 4.02. The van der Waals surface area contributed by atoms with E-state index >= 15 is 0 Å². The zero-order valence-electron chi connectivity index (χ0n) is 11.9. The number of ether oxygens (including phenoxy) is 1. The van der Waals surface area contributed by atoms with Crippen LogP contribution in [0.4, 0.5) is 5.69 Å². The minimum atomic E-state index is -0.669. The van der Waals surface area contributed by atoms with Gasteiger partial charge in [0.25, 0.3) is 0 Å². The van der Waals surface area contributed by atoms with E-state index in [-0.39, 0.29) is 0 Å². The molecule has 1 fully saturated rings. The van der Waals surface area contributed by atoms with Crippen LogP contribution in [0.15, 0.2) is 18.2 Å². The van der Waals surface area contributed by atoms with Crippen molar-refractivity contribution in [3.63, 3.8) is 0 Å². The van der Waals surface area contributed by atoms with Crippen LogP contribution in [0.5, 0.6) is 5.75 Å².